The maximum absolute atomic E-state index is 13.7. The quantitative estimate of drug-likeness (QED) is 0.395. The number of para-hydroxylation sites is 1. The smallest absolute Gasteiger partial charge is 0.330 e. The highest BCUT2D eigenvalue weighted by Gasteiger charge is 2.24. The molecule has 3 aromatic heterocycles. The Bertz CT molecular complexity index is 1660. The molecule has 0 aliphatic carbocycles. The van der Waals surface area contributed by atoms with Crippen molar-refractivity contribution in [2.45, 2.75) is 6.54 Å². The maximum atomic E-state index is 13.7. The van der Waals surface area contributed by atoms with Crippen LogP contribution in [0.5, 0.6) is 0 Å². The molecule has 0 unspecified atom stereocenters. The first-order valence-corrected chi connectivity index (χ1v) is 11.7. The molecule has 5 rings (SSSR count). The topological polar surface area (TPSA) is 114 Å². The lowest BCUT2D eigenvalue weighted by Gasteiger charge is -2.21. The molecule has 0 spiro atoms. The first-order chi connectivity index (χ1) is 16.9. The van der Waals surface area contributed by atoms with E-state index in [9.17, 15) is 14.4 Å². The number of anilines is 2. The number of nitrogen functional groups attached to an aromatic ring is 1. The maximum Gasteiger partial charge on any atom is 0.330 e. The third-order valence-electron chi connectivity index (χ3n) is 5.76. The van der Waals surface area contributed by atoms with Gasteiger partial charge in [-0.15, -0.1) is 11.3 Å². The first-order valence-electron chi connectivity index (χ1n) is 10.8. The van der Waals surface area contributed by atoms with Crippen molar-refractivity contribution in [3.8, 4) is 10.6 Å². The van der Waals surface area contributed by atoms with Crippen LogP contribution in [0.25, 0.3) is 21.5 Å². The van der Waals surface area contributed by atoms with E-state index < -0.39 is 17.2 Å². The molecular formula is C26H21N5O3S. The third-order valence-corrected chi connectivity index (χ3v) is 6.65. The van der Waals surface area contributed by atoms with Gasteiger partial charge in [-0.1, -0.05) is 54.6 Å². The van der Waals surface area contributed by atoms with E-state index in [1.165, 1.54) is 27.9 Å². The standard InChI is InChI=1S/C26H21N5O3S/c1-30(22-23(27)31(26(34)29-24(22)32)15-16-8-3-2-4-9-16)25(33)18-14-20(21-12-7-13-35-21)28-19-11-6-5-10-17(18)19/h2-14H,15,27H2,1H3,(H,29,32,34). The molecule has 0 radical (unpaired) electrons. The molecule has 0 aliphatic rings. The van der Waals surface area contributed by atoms with Crippen LogP contribution in [0, 0.1) is 0 Å². The summed E-state index contributed by atoms with van der Waals surface area (Å²) in [6.07, 6.45) is 0. The molecule has 0 bridgehead atoms. The Morgan fingerprint density at radius 2 is 1.80 bits per heavy atom. The van der Waals surface area contributed by atoms with Crippen LogP contribution in [-0.2, 0) is 6.54 Å². The monoisotopic (exact) mass is 483 g/mol. The van der Waals surface area contributed by atoms with Gasteiger partial charge in [-0.2, -0.15) is 0 Å². The van der Waals surface area contributed by atoms with Crippen molar-refractivity contribution < 1.29 is 4.79 Å². The van der Waals surface area contributed by atoms with Gasteiger partial charge in [0, 0.05) is 12.4 Å². The molecule has 9 heteroatoms. The summed E-state index contributed by atoms with van der Waals surface area (Å²) < 4.78 is 1.25. The van der Waals surface area contributed by atoms with Gasteiger partial charge in [-0.05, 0) is 29.1 Å². The number of aromatic amines is 1. The van der Waals surface area contributed by atoms with Gasteiger partial charge in [0.2, 0.25) is 0 Å². The summed E-state index contributed by atoms with van der Waals surface area (Å²) >= 11 is 1.52. The minimum Gasteiger partial charge on any atom is -0.383 e. The summed E-state index contributed by atoms with van der Waals surface area (Å²) in [6.45, 7) is 0.151. The zero-order valence-corrected chi connectivity index (χ0v) is 19.6. The summed E-state index contributed by atoms with van der Waals surface area (Å²) in [6, 6.07) is 22.2. The van der Waals surface area contributed by atoms with Crippen LogP contribution in [0.4, 0.5) is 11.5 Å². The minimum atomic E-state index is -0.732. The van der Waals surface area contributed by atoms with Crippen LogP contribution < -0.4 is 21.9 Å². The summed E-state index contributed by atoms with van der Waals surface area (Å²) in [5.41, 5.74) is 7.36. The Kier molecular flexibility index (Phi) is 5.76. The van der Waals surface area contributed by atoms with Crippen LogP contribution in [0.15, 0.2) is 87.8 Å². The second-order valence-corrected chi connectivity index (χ2v) is 8.93. The predicted molar refractivity (Wildman–Crippen MR) is 139 cm³/mol. The number of fused-ring (bicyclic) bond motifs is 1. The van der Waals surface area contributed by atoms with E-state index in [0.717, 1.165) is 10.4 Å². The fraction of sp³-hybridized carbons (Fsp3) is 0.0769. The molecule has 35 heavy (non-hydrogen) atoms. The number of hydrogen-bond donors (Lipinski definition) is 2. The second kappa shape index (κ2) is 9.03. The zero-order chi connectivity index (χ0) is 24.5. The number of nitrogens with two attached hydrogens (primary N) is 1. The lowest BCUT2D eigenvalue weighted by atomic mass is 10.1. The molecular weight excluding hydrogens is 462 g/mol. The molecule has 0 fully saturated rings. The number of H-pyrrole nitrogens is 1. The Hall–Kier alpha value is -4.50. The number of nitrogens with zero attached hydrogens (tertiary/aromatic N) is 3. The van der Waals surface area contributed by atoms with Crippen LogP contribution in [0.3, 0.4) is 0 Å². The number of nitrogens with one attached hydrogen (secondary N) is 1. The van der Waals surface area contributed by atoms with Crippen LogP contribution in [-0.4, -0.2) is 27.5 Å². The Balaban J connectivity index is 1.62. The molecule has 0 saturated heterocycles. The lowest BCUT2D eigenvalue weighted by Crippen LogP contribution is -2.39. The number of carbonyl (C=O) groups is 1. The number of pyridine rings is 1. The van der Waals surface area contributed by atoms with Crippen LogP contribution >= 0.6 is 11.3 Å². The van der Waals surface area contributed by atoms with Crippen molar-refractivity contribution in [3.63, 3.8) is 0 Å². The van der Waals surface area contributed by atoms with Crippen molar-refractivity contribution in [2.75, 3.05) is 17.7 Å². The summed E-state index contributed by atoms with van der Waals surface area (Å²) in [5, 5.41) is 2.59. The fourth-order valence-corrected chi connectivity index (χ4v) is 4.70. The molecule has 2 aromatic carbocycles. The number of carbonyl (C=O) groups excluding carboxylic acids is 1. The number of benzene rings is 2. The Morgan fingerprint density at radius 1 is 1.06 bits per heavy atom. The average Bonchev–Trinajstić information content (AvgIpc) is 3.41. The molecule has 0 atom stereocenters. The first kappa shape index (κ1) is 22.3. The number of aromatic nitrogens is 3. The molecule has 8 nitrogen and oxygen atoms in total. The minimum absolute atomic E-state index is 0.0877. The van der Waals surface area contributed by atoms with E-state index in [4.69, 9.17) is 10.7 Å². The zero-order valence-electron chi connectivity index (χ0n) is 18.8. The lowest BCUT2D eigenvalue weighted by molar-refractivity contribution is 0.0994. The van der Waals surface area contributed by atoms with Gasteiger partial charge in [-0.25, -0.2) is 9.78 Å². The van der Waals surface area contributed by atoms with Gasteiger partial charge in [0.15, 0.2) is 5.69 Å². The molecule has 1 amide bonds. The van der Waals surface area contributed by atoms with Gasteiger partial charge in [0.05, 0.1) is 28.2 Å². The predicted octanol–water partition coefficient (Wildman–Crippen LogP) is 3.72. The largest absolute Gasteiger partial charge is 0.383 e. The van der Waals surface area contributed by atoms with Gasteiger partial charge in [0.1, 0.15) is 5.82 Å². The highest BCUT2D eigenvalue weighted by molar-refractivity contribution is 7.13. The second-order valence-electron chi connectivity index (χ2n) is 7.98. The normalized spacial score (nSPS) is 11.0. The number of rotatable bonds is 5. The Morgan fingerprint density at radius 3 is 2.54 bits per heavy atom. The SMILES string of the molecule is CN(C(=O)c1cc(-c2cccs2)nc2ccccc12)c1c(N)n(Cc2ccccc2)c(=O)[nH]c1=O. The number of thiophene rings is 1. The summed E-state index contributed by atoms with van der Waals surface area (Å²) in [5.74, 6) is -0.529. The van der Waals surface area contributed by atoms with Gasteiger partial charge < -0.3 is 10.6 Å². The average molecular weight is 484 g/mol. The van der Waals surface area contributed by atoms with Crippen LogP contribution in [0.1, 0.15) is 15.9 Å². The highest BCUT2D eigenvalue weighted by atomic mass is 32.1. The summed E-state index contributed by atoms with van der Waals surface area (Å²) in [4.78, 5) is 48.2. The summed E-state index contributed by atoms with van der Waals surface area (Å²) in [7, 11) is 1.47. The van der Waals surface area contributed by atoms with E-state index in [1.54, 1.807) is 6.07 Å². The van der Waals surface area contributed by atoms with Crippen molar-refractivity contribution in [3.05, 3.63) is 110 Å². The van der Waals surface area contributed by atoms with E-state index in [2.05, 4.69) is 4.98 Å². The molecule has 0 saturated carbocycles. The van der Waals surface area contributed by atoms with E-state index in [0.29, 0.717) is 22.2 Å². The Labute approximate surface area is 203 Å². The van der Waals surface area contributed by atoms with Crippen LogP contribution in [0.2, 0.25) is 0 Å². The molecule has 5 aromatic rings. The third kappa shape index (κ3) is 4.13. The number of amides is 1. The van der Waals surface area contributed by atoms with Gasteiger partial charge >= 0.3 is 5.69 Å². The molecule has 0 aliphatic heterocycles. The molecule has 174 valence electrons. The number of hydrogen-bond acceptors (Lipinski definition) is 6. The van der Waals surface area contributed by atoms with E-state index in [1.807, 2.05) is 72.1 Å². The van der Waals surface area contributed by atoms with Crippen molar-refractivity contribution >= 4 is 39.7 Å². The fourth-order valence-electron chi connectivity index (χ4n) is 4.01. The van der Waals surface area contributed by atoms with Crippen molar-refractivity contribution in [1.29, 1.82) is 0 Å². The van der Waals surface area contributed by atoms with Gasteiger partial charge in [0.25, 0.3) is 11.5 Å². The highest BCUT2D eigenvalue weighted by Crippen LogP contribution is 2.29. The van der Waals surface area contributed by atoms with Crippen molar-refractivity contribution in [1.82, 2.24) is 14.5 Å². The van der Waals surface area contributed by atoms with Gasteiger partial charge in [-0.3, -0.25) is 19.1 Å². The van der Waals surface area contributed by atoms with E-state index in [-0.39, 0.29) is 18.1 Å². The molecule has 3 heterocycles. The molecule has 3 N–H and O–H groups in total. The van der Waals surface area contributed by atoms with E-state index >= 15 is 0 Å². The van der Waals surface area contributed by atoms with Crippen molar-refractivity contribution in [2.24, 2.45) is 0 Å².